The molecule has 1 heterocycles. The molecule has 5 heteroatoms. The van der Waals surface area contributed by atoms with Crippen LogP contribution in [0.1, 0.15) is 26.7 Å². The van der Waals surface area contributed by atoms with Gasteiger partial charge in [0.2, 0.25) is 5.91 Å². The van der Waals surface area contributed by atoms with Crippen LogP contribution in [0.3, 0.4) is 0 Å². The number of amides is 1. The van der Waals surface area contributed by atoms with Crippen molar-refractivity contribution >= 4 is 5.91 Å². The Morgan fingerprint density at radius 1 is 1.53 bits per heavy atom. The maximum atomic E-state index is 11.5. The van der Waals surface area contributed by atoms with E-state index in [1.807, 2.05) is 6.92 Å². The molecule has 0 aromatic carbocycles. The number of nitrogens with two attached hydrogens (primary N) is 1. The second-order valence-corrected chi connectivity index (χ2v) is 5.08. The van der Waals surface area contributed by atoms with E-state index in [9.17, 15) is 4.79 Å². The maximum Gasteiger partial charge on any atom is 0.237 e. The molecular weight excluding hydrogens is 216 g/mol. The van der Waals surface area contributed by atoms with Crippen LogP contribution < -0.4 is 11.3 Å². The van der Waals surface area contributed by atoms with E-state index < -0.39 is 0 Å². The van der Waals surface area contributed by atoms with Gasteiger partial charge in [0.1, 0.15) is 0 Å². The number of nitrogens with one attached hydrogen (secondary N) is 1. The molecule has 0 saturated carbocycles. The number of likely N-dealkylation sites (N-methyl/N-ethyl adjacent to an activating group) is 1. The van der Waals surface area contributed by atoms with Gasteiger partial charge in [0, 0.05) is 25.0 Å². The zero-order valence-corrected chi connectivity index (χ0v) is 11.3. The average molecular weight is 242 g/mol. The first-order valence-corrected chi connectivity index (χ1v) is 6.51. The van der Waals surface area contributed by atoms with Gasteiger partial charge in [0.05, 0.1) is 0 Å². The summed E-state index contributed by atoms with van der Waals surface area (Å²) in [6, 6.07) is 0.551. The summed E-state index contributed by atoms with van der Waals surface area (Å²) in [5.41, 5.74) is 2.24. The second-order valence-electron chi connectivity index (χ2n) is 5.08. The molecule has 2 atom stereocenters. The summed E-state index contributed by atoms with van der Waals surface area (Å²) < 4.78 is 0. The van der Waals surface area contributed by atoms with Crippen LogP contribution in [-0.4, -0.2) is 55.0 Å². The van der Waals surface area contributed by atoms with Gasteiger partial charge in [0.15, 0.2) is 0 Å². The molecular formula is C12H26N4O. The number of rotatable bonds is 4. The normalized spacial score (nSPS) is 25.3. The van der Waals surface area contributed by atoms with Crippen molar-refractivity contribution < 1.29 is 4.79 Å². The van der Waals surface area contributed by atoms with Crippen molar-refractivity contribution in [3.63, 3.8) is 0 Å². The summed E-state index contributed by atoms with van der Waals surface area (Å²) in [4.78, 5) is 16.3. The SMILES string of the molecule is CCC1CN(C)CCCN1CC(C)C(=O)NN. The van der Waals surface area contributed by atoms with Crippen molar-refractivity contribution in [3.8, 4) is 0 Å². The molecule has 0 bridgehead atoms. The molecule has 1 aliphatic heterocycles. The highest BCUT2D eigenvalue weighted by Crippen LogP contribution is 2.14. The predicted octanol–water partition coefficient (Wildman–Crippen LogP) is 0.0285. The molecule has 0 spiro atoms. The summed E-state index contributed by atoms with van der Waals surface area (Å²) in [6.45, 7) is 8.26. The first kappa shape index (κ1) is 14.4. The van der Waals surface area contributed by atoms with Crippen LogP contribution in [0.4, 0.5) is 0 Å². The van der Waals surface area contributed by atoms with Crippen molar-refractivity contribution in [1.82, 2.24) is 15.2 Å². The topological polar surface area (TPSA) is 61.6 Å². The number of hydrogen-bond donors (Lipinski definition) is 2. The van der Waals surface area contributed by atoms with Gasteiger partial charge in [-0.05, 0) is 33.0 Å². The van der Waals surface area contributed by atoms with Crippen molar-refractivity contribution in [2.75, 3.05) is 33.2 Å². The van der Waals surface area contributed by atoms with Crippen LogP contribution in [0, 0.1) is 5.92 Å². The minimum absolute atomic E-state index is 0.0440. The summed E-state index contributed by atoms with van der Waals surface area (Å²) in [6.07, 6.45) is 2.30. The van der Waals surface area contributed by atoms with Gasteiger partial charge in [0.25, 0.3) is 0 Å². The molecule has 1 amide bonds. The van der Waals surface area contributed by atoms with E-state index >= 15 is 0 Å². The second kappa shape index (κ2) is 6.93. The summed E-state index contributed by atoms with van der Waals surface area (Å²) in [5, 5.41) is 0. The van der Waals surface area contributed by atoms with Gasteiger partial charge in [-0.2, -0.15) is 0 Å². The standard InChI is InChI=1S/C12H26N4O/c1-4-11-9-15(3)6-5-7-16(11)8-10(2)12(17)14-13/h10-11H,4-9,13H2,1-3H3,(H,14,17). The van der Waals surface area contributed by atoms with Gasteiger partial charge in [-0.25, -0.2) is 5.84 Å². The fourth-order valence-corrected chi connectivity index (χ4v) is 2.50. The Kier molecular flexibility index (Phi) is 5.88. The fraction of sp³-hybridized carbons (Fsp3) is 0.917. The Labute approximate surface area is 104 Å². The van der Waals surface area contributed by atoms with Crippen LogP contribution in [0.2, 0.25) is 0 Å². The van der Waals surface area contributed by atoms with Crippen LogP contribution in [0.15, 0.2) is 0 Å². The third-order valence-corrected chi connectivity index (χ3v) is 3.59. The number of hydrogen-bond acceptors (Lipinski definition) is 4. The van der Waals surface area contributed by atoms with Crippen LogP contribution in [0.5, 0.6) is 0 Å². The minimum Gasteiger partial charge on any atom is -0.305 e. The van der Waals surface area contributed by atoms with E-state index in [0.29, 0.717) is 6.04 Å². The predicted molar refractivity (Wildman–Crippen MR) is 69.3 cm³/mol. The quantitative estimate of drug-likeness (QED) is 0.415. The molecule has 100 valence electrons. The van der Waals surface area contributed by atoms with Crippen molar-refractivity contribution in [2.45, 2.75) is 32.7 Å². The largest absolute Gasteiger partial charge is 0.305 e. The van der Waals surface area contributed by atoms with Gasteiger partial charge in [-0.3, -0.25) is 15.1 Å². The van der Waals surface area contributed by atoms with E-state index in [1.54, 1.807) is 0 Å². The van der Waals surface area contributed by atoms with E-state index in [2.05, 4.69) is 29.2 Å². The number of hydrazine groups is 1. The van der Waals surface area contributed by atoms with Crippen LogP contribution in [0.25, 0.3) is 0 Å². The first-order chi connectivity index (χ1) is 8.08. The Morgan fingerprint density at radius 3 is 2.82 bits per heavy atom. The number of carbonyl (C=O) groups is 1. The molecule has 0 aromatic heterocycles. The van der Waals surface area contributed by atoms with E-state index in [0.717, 1.165) is 32.6 Å². The highest BCUT2D eigenvalue weighted by Gasteiger charge is 2.25. The van der Waals surface area contributed by atoms with Crippen molar-refractivity contribution in [3.05, 3.63) is 0 Å². The Balaban J connectivity index is 2.57. The van der Waals surface area contributed by atoms with Gasteiger partial charge < -0.3 is 4.90 Å². The lowest BCUT2D eigenvalue weighted by Crippen LogP contribution is -2.45. The zero-order valence-electron chi connectivity index (χ0n) is 11.3. The Bertz CT molecular complexity index is 247. The zero-order chi connectivity index (χ0) is 12.8. The molecule has 0 radical (unpaired) electrons. The molecule has 1 rings (SSSR count). The fourth-order valence-electron chi connectivity index (χ4n) is 2.50. The third-order valence-electron chi connectivity index (χ3n) is 3.59. The molecule has 3 N–H and O–H groups in total. The molecule has 0 aromatic rings. The van der Waals surface area contributed by atoms with Gasteiger partial charge in [-0.1, -0.05) is 13.8 Å². The van der Waals surface area contributed by atoms with Gasteiger partial charge in [-0.15, -0.1) is 0 Å². The minimum atomic E-state index is -0.0718. The van der Waals surface area contributed by atoms with Crippen LogP contribution >= 0.6 is 0 Å². The van der Waals surface area contributed by atoms with E-state index in [-0.39, 0.29) is 11.8 Å². The molecule has 2 unspecified atom stereocenters. The number of nitrogens with zero attached hydrogens (tertiary/aromatic N) is 2. The molecule has 1 saturated heterocycles. The van der Waals surface area contributed by atoms with Gasteiger partial charge >= 0.3 is 0 Å². The van der Waals surface area contributed by atoms with E-state index in [1.165, 1.54) is 6.42 Å². The highest BCUT2D eigenvalue weighted by atomic mass is 16.2. The van der Waals surface area contributed by atoms with Crippen LogP contribution in [-0.2, 0) is 4.79 Å². The highest BCUT2D eigenvalue weighted by molar-refractivity contribution is 5.77. The lowest BCUT2D eigenvalue weighted by Gasteiger charge is -2.31. The molecule has 17 heavy (non-hydrogen) atoms. The molecule has 1 fully saturated rings. The van der Waals surface area contributed by atoms with Crippen molar-refractivity contribution in [1.29, 1.82) is 0 Å². The molecule has 0 aliphatic carbocycles. The molecule has 1 aliphatic rings. The van der Waals surface area contributed by atoms with E-state index in [4.69, 9.17) is 5.84 Å². The summed E-state index contributed by atoms with van der Waals surface area (Å²) in [7, 11) is 2.17. The lowest BCUT2D eigenvalue weighted by atomic mass is 10.1. The lowest BCUT2D eigenvalue weighted by molar-refractivity contribution is -0.125. The summed E-state index contributed by atoms with van der Waals surface area (Å²) in [5.74, 6) is 5.06. The molecule has 5 nitrogen and oxygen atoms in total. The monoisotopic (exact) mass is 242 g/mol. The average Bonchev–Trinajstić information content (AvgIpc) is 2.50. The third kappa shape index (κ3) is 4.26. The summed E-state index contributed by atoms with van der Waals surface area (Å²) >= 11 is 0. The smallest absolute Gasteiger partial charge is 0.237 e. The Morgan fingerprint density at radius 2 is 2.24 bits per heavy atom. The van der Waals surface area contributed by atoms with Crippen molar-refractivity contribution in [2.24, 2.45) is 11.8 Å². The maximum absolute atomic E-state index is 11.5. The Hall–Kier alpha value is -0.650. The number of carbonyl (C=O) groups excluding carboxylic acids is 1. The first-order valence-electron chi connectivity index (χ1n) is 6.51.